The lowest BCUT2D eigenvalue weighted by molar-refractivity contribution is 0.376. The van der Waals surface area contributed by atoms with Crippen LogP contribution in [0.25, 0.3) is 0 Å². The fourth-order valence-corrected chi connectivity index (χ4v) is 1.29. The van der Waals surface area contributed by atoms with Gasteiger partial charge in [0.15, 0.2) is 0 Å². The average molecular weight is 178 g/mol. The van der Waals surface area contributed by atoms with E-state index in [1.807, 2.05) is 12.4 Å². The molecule has 0 spiro atoms. The van der Waals surface area contributed by atoms with Gasteiger partial charge in [-0.15, -0.1) is 0 Å². The average Bonchev–Trinajstić information content (AvgIpc) is 2.09. The van der Waals surface area contributed by atoms with E-state index in [-0.39, 0.29) is 5.41 Å². The van der Waals surface area contributed by atoms with Crippen LogP contribution in [-0.4, -0.2) is 11.5 Å². The molecule has 1 aromatic heterocycles. The highest BCUT2D eigenvalue weighted by Crippen LogP contribution is 2.21. The van der Waals surface area contributed by atoms with Gasteiger partial charge >= 0.3 is 0 Å². The van der Waals surface area contributed by atoms with Crippen molar-refractivity contribution in [2.75, 3.05) is 6.54 Å². The molecule has 0 bridgehead atoms. The van der Waals surface area contributed by atoms with Crippen molar-refractivity contribution in [3.63, 3.8) is 0 Å². The molecule has 0 aliphatic heterocycles. The zero-order valence-electron chi connectivity index (χ0n) is 8.67. The molecule has 1 rings (SSSR count). The molecule has 13 heavy (non-hydrogen) atoms. The second-order valence-electron chi connectivity index (χ2n) is 4.35. The molecule has 0 saturated carbocycles. The van der Waals surface area contributed by atoms with Crippen LogP contribution < -0.4 is 5.73 Å². The SMILES string of the molecule is Cc1cnccc1CC(C)(C)CN. The maximum absolute atomic E-state index is 5.69. The smallest absolute Gasteiger partial charge is 0.0299 e. The number of aromatic nitrogens is 1. The lowest BCUT2D eigenvalue weighted by Gasteiger charge is -2.23. The summed E-state index contributed by atoms with van der Waals surface area (Å²) >= 11 is 0. The minimum atomic E-state index is 0.187. The third-order valence-electron chi connectivity index (χ3n) is 2.36. The number of rotatable bonds is 3. The maximum Gasteiger partial charge on any atom is 0.0299 e. The van der Waals surface area contributed by atoms with Crippen molar-refractivity contribution in [1.29, 1.82) is 0 Å². The second-order valence-corrected chi connectivity index (χ2v) is 4.35. The van der Waals surface area contributed by atoms with Crippen molar-refractivity contribution in [1.82, 2.24) is 4.98 Å². The summed E-state index contributed by atoms with van der Waals surface area (Å²) in [7, 11) is 0. The van der Waals surface area contributed by atoms with E-state index >= 15 is 0 Å². The van der Waals surface area contributed by atoms with E-state index < -0.39 is 0 Å². The first-order valence-corrected chi connectivity index (χ1v) is 4.65. The molecule has 0 saturated heterocycles. The van der Waals surface area contributed by atoms with Gasteiger partial charge in [-0.2, -0.15) is 0 Å². The van der Waals surface area contributed by atoms with Crippen molar-refractivity contribution in [2.45, 2.75) is 27.2 Å². The first kappa shape index (κ1) is 10.2. The van der Waals surface area contributed by atoms with Crippen LogP contribution in [0, 0.1) is 12.3 Å². The summed E-state index contributed by atoms with van der Waals surface area (Å²) in [4.78, 5) is 4.07. The summed E-state index contributed by atoms with van der Waals surface area (Å²) < 4.78 is 0. The van der Waals surface area contributed by atoms with Crippen LogP contribution in [0.5, 0.6) is 0 Å². The third kappa shape index (κ3) is 2.81. The second kappa shape index (κ2) is 3.88. The Labute approximate surface area is 80.2 Å². The molecule has 0 aliphatic carbocycles. The van der Waals surface area contributed by atoms with Gasteiger partial charge in [-0.1, -0.05) is 13.8 Å². The fourth-order valence-electron chi connectivity index (χ4n) is 1.29. The van der Waals surface area contributed by atoms with Crippen LogP contribution >= 0.6 is 0 Å². The highest BCUT2D eigenvalue weighted by molar-refractivity contribution is 5.22. The lowest BCUT2D eigenvalue weighted by Crippen LogP contribution is -2.26. The van der Waals surface area contributed by atoms with Crippen molar-refractivity contribution in [2.24, 2.45) is 11.1 Å². The Morgan fingerprint density at radius 1 is 1.46 bits per heavy atom. The summed E-state index contributed by atoms with van der Waals surface area (Å²) in [5.41, 5.74) is 8.48. The first-order chi connectivity index (χ1) is 6.05. The quantitative estimate of drug-likeness (QED) is 0.768. The van der Waals surface area contributed by atoms with Gasteiger partial charge in [0.25, 0.3) is 0 Å². The Morgan fingerprint density at radius 3 is 2.69 bits per heavy atom. The van der Waals surface area contributed by atoms with Gasteiger partial charge in [-0.3, -0.25) is 4.98 Å². The molecule has 0 atom stereocenters. The summed E-state index contributed by atoms with van der Waals surface area (Å²) in [6.07, 6.45) is 4.77. The Hall–Kier alpha value is -0.890. The number of hydrogen-bond donors (Lipinski definition) is 1. The molecule has 2 N–H and O–H groups in total. The summed E-state index contributed by atoms with van der Waals surface area (Å²) in [6.45, 7) is 7.18. The number of aryl methyl sites for hydroxylation is 1. The molecular formula is C11H18N2. The van der Waals surface area contributed by atoms with Crippen molar-refractivity contribution in [3.8, 4) is 0 Å². The predicted molar refractivity (Wildman–Crippen MR) is 55.5 cm³/mol. The first-order valence-electron chi connectivity index (χ1n) is 4.65. The molecular weight excluding hydrogens is 160 g/mol. The lowest BCUT2D eigenvalue weighted by atomic mass is 9.85. The molecule has 0 aromatic carbocycles. The summed E-state index contributed by atoms with van der Waals surface area (Å²) in [6, 6.07) is 2.08. The Balaban J connectivity index is 2.80. The zero-order chi connectivity index (χ0) is 9.90. The van der Waals surface area contributed by atoms with Crippen LogP contribution in [-0.2, 0) is 6.42 Å². The molecule has 2 nitrogen and oxygen atoms in total. The van der Waals surface area contributed by atoms with Crippen LogP contribution in [0.2, 0.25) is 0 Å². The van der Waals surface area contributed by atoms with Crippen LogP contribution in [0.4, 0.5) is 0 Å². The highest BCUT2D eigenvalue weighted by Gasteiger charge is 2.16. The Bertz CT molecular complexity index is 279. The van der Waals surface area contributed by atoms with E-state index in [0.29, 0.717) is 0 Å². The summed E-state index contributed by atoms with van der Waals surface area (Å²) in [5.74, 6) is 0. The maximum atomic E-state index is 5.69. The topological polar surface area (TPSA) is 38.9 Å². The van der Waals surface area contributed by atoms with Crippen LogP contribution in [0.15, 0.2) is 18.5 Å². The number of nitrogens with two attached hydrogens (primary N) is 1. The molecule has 1 heterocycles. The van der Waals surface area contributed by atoms with Gasteiger partial charge in [0.2, 0.25) is 0 Å². The zero-order valence-corrected chi connectivity index (χ0v) is 8.67. The van der Waals surface area contributed by atoms with E-state index in [4.69, 9.17) is 5.73 Å². The number of hydrogen-bond acceptors (Lipinski definition) is 2. The van der Waals surface area contributed by atoms with Crippen molar-refractivity contribution in [3.05, 3.63) is 29.6 Å². The standard InChI is InChI=1S/C11H18N2/c1-9-7-13-5-4-10(9)6-11(2,3)8-12/h4-5,7H,6,8,12H2,1-3H3. The third-order valence-corrected chi connectivity index (χ3v) is 2.36. The molecule has 1 aromatic rings. The Kier molecular flexibility index (Phi) is 3.04. The van der Waals surface area contributed by atoms with Gasteiger partial charge in [0, 0.05) is 12.4 Å². The van der Waals surface area contributed by atoms with Gasteiger partial charge in [-0.25, -0.2) is 0 Å². The predicted octanol–water partition coefficient (Wildman–Crippen LogP) is 1.92. The normalized spacial score (nSPS) is 11.7. The molecule has 0 aliphatic rings. The summed E-state index contributed by atoms with van der Waals surface area (Å²) in [5, 5.41) is 0. The molecule has 0 fully saturated rings. The Morgan fingerprint density at radius 2 is 2.15 bits per heavy atom. The van der Waals surface area contributed by atoms with Gasteiger partial charge in [0.05, 0.1) is 0 Å². The molecule has 0 radical (unpaired) electrons. The van der Waals surface area contributed by atoms with E-state index in [1.54, 1.807) is 0 Å². The van der Waals surface area contributed by atoms with E-state index in [2.05, 4.69) is 31.8 Å². The van der Waals surface area contributed by atoms with Gasteiger partial charge in [-0.05, 0) is 42.5 Å². The number of pyridine rings is 1. The van der Waals surface area contributed by atoms with Crippen LogP contribution in [0.3, 0.4) is 0 Å². The number of nitrogens with zero attached hydrogens (tertiary/aromatic N) is 1. The van der Waals surface area contributed by atoms with E-state index in [0.717, 1.165) is 13.0 Å². The monoisotopic (exact) mass is 178 g/mol. The minimum Gasteiger partial charge on any atom is -0.330 e. The largest absolute Gasteiger partial charge is 0.330 e. The van der Waals surface area contributed by atoms with E-state index in [1.165, 1.54) is 11.1 Å². The van der Waals surface area contributed by atoms with Gasteiger partial charge in [0.1, 0.15) is 0 Å². The fraction of sp³-hybridized carbons (Fsp3) is 0.545. The van der Waals surface area contributed by atoms with E-state index in [9.17, 15) is 0 Å². The van der Waals surface area contributed by atoms with Crippen LogP contribution in [0.1, 0.15) is 25.0 Å². The van der Waals surface area contributed by atoms with Crippen molar-refractivity contribution >= 4 is 0 Å². The molecule has 2 heteroatoms. The minimum absolute atomic E-state index is 0.187. The molecule has 0 amide bonds. The molecule has 72 valence electrons. The van der Waals surface area contributed by atoms with Gasteiger partial charge < -0.3 is 5.73 Å². The van der Waals surface area contributed by atoms with Crippen molar-refractivity contribution < 1.29 is 0 Å². The highest BCUT2D eigenvalue weighted by atomic mass is 14.6. The molecule has 0 unspecified atom stereocenters.